The van der Waals surface area contributed by atoms with Gasteiger partial charge in [0, 0.05) is 27.6 Å². The third kappa shape index (κ3) is 8.81. The summed E-state index contributed by atoms with van der Waals surface area (Å²) >= 11 is 8.42. The molecule has 0 bridgehead atoms. The van der Waals surface area contributed by atoms with E-state index in [1.807, 2.05) is 50.2 Å². The number of rotatable bonds is 12. The summed E-state index contributed by atoms with van der Waals surface area (Å²) in [5, 5.41) is 3.44. The summed E-state index contributed by atoms with van der Waals surface area (Å²) in [6.07, 6.45) is 0.237. The van der Waals surface area contributed by atoms with Gasteiger partial charge in [-0.1, -0.05) is 72.3 Å². The van der Waals surface area contributed by atoms with Gasteiger partial charge in [-0.05, 0) is 96.1 Å². The van der Waals surface area contributed by atoms with Crippen LogP contribution in [0.3, 0.4) is 0 Å². The van der Waals surface area contributed by atoms with Crippen LogP contribution < -0.4 is 9.62 Å². The largest absolute Gasteiger partial charge is 0.352 e. The molecule has 0 spiro atoms. The van der Waals surface area contributed by atoms with E-state index in [4.69, 9.17) is 11.6 Å². The lowest BCUT2D eigenvalue weighted by molar-refractivity contribution is -0.140. The second-order valence-electron chi connectivity index (χ2n) is 10.3. The predicted molar refractivity (Wildman–Crippen MR) is 179 cm³/mol. The van der Waals surface area contributed by atoms with E-state index in [-0.39, 0.29) is 29.8 Å². The highest BCUT2D eigenvalue weighted by Gasteiger charge is 2.34. The molecule has 4 rings (SSSR count). The summed E-state index contributed by atoms with van der Waals surface area (Å²) in [7, 11) is -4.14. The Labute approximate surface area is 272 Å². The number of carbonyl (C=O) groups is 2. The van der Waals surface area contributed by atoms with E-state index in [1.165, 1.54) is 17.0 Å². The fourth-order valence-electron chi connectivity index (χ4n) is 4.62. The molecule has 224 valence electrons. The highest BCUT2D eigenvalue weighted by molar-refractivity contribution is 14.1. The van der Waals surface area contributed by atoms with Crippen LogP contribution in [0.25, 0.3) is 0 Å². The normalized spacial score (nSPS) is 12.0. The van der Waals surface area contributed by atoms with Crippen molar-refractivity contribution in [2.75, 3.05) is 10.8 Å². The van der Waals surface area contributed by atoms with E-state index in [9.17, 15) is 18.0 Å². The van der Waals surface area contributed by atoms with E-state index in [0.29, 0.717) is 16.3 Å². The minimum atomic E-state index is -4.14. The Hall–Kier alpha value is -3.41. The number of sulfonamides is 1. The quantitative estimate of drug-likeness (QED) is 0.174. The van der Waals surface area contributed by atoms with Gasteiger partial charge in [-0.3, -0.25) is 13.9 Å². The van der Waals surface area contributed by atoms with Crippen molar-refractivity contribution in [1.29, 1.82) is 0 Å². The van der Waals surface area contributed by atoms with Gasteiger partial charge >= 0.3 is 0 Å². The van der Waals surface area contributed by atoms with E-state index in [0.717, 1.165) is 13.4 Å². The number of amides is 2. The molecule has 0 aromatic heterocycles. The molecule has 0 aliphatic rings. The van der Waals surface area contributed by atoms with Gasteiger partial charge in [0.15, 0.2) is 0 Å². The molecular weight excluding hydrogens is 697 g/mol. The van der Waals surface area contributed by atoms with Crippen LogP contribution in [0.1, 0.15) is 25.0 Å². The molecule has 0 saturated heterocycles. The van der Waals surface area contributed by atoms with E-state index in [1.54, 1.807) is 60.7 Å². The Bertz CT molecular complexity index is 1640. The molecule has 7 nitrogen and oxygen atoms in total. The van der Waals surface area contributed by atoms with Crippen LogP contribution in [-0.4, -0.2) is 43.8 Å². The zero-order valence-corrected chi connectivity index (χ0v) is 27.6. The van der Waals surface area contributed by atoms with Gasteiger partial charge in [-0.25, -0.2) is 8.42 Å². The van der Waals surface area contributed by atoms with Crippen LogP contribution in [-0.2, 0) is 32.6 Å². The third-order valence-electron chi connectivity index (χ3n) is 6.67. The number of hydrogen-bond donors (Lipinski definition) is 1. The molecule has 1 N–H and O–H groups in total. The zero-order valence-electron chi connectivity index (χ0n) is 23.9. The molecule has 0 heterocycles. The highest BCUT2D eigenvalue weighted by atomic mass is 127. The number of carbonyl (C=O) groups excluding carboxylic acids is 2. The number of benzene rings is 4. The molecule has 0 aliphatic carbocycles. The van der Waals surface area contributed by atoms with Crippen LogP contribution >= 0.6 is 34.2 Å². The third-order valence-corrected chi connectivity index (χ3v) is 9.41. The van der Waals surface area contributed by atoms with Gasteiger partial charge in [0.05, 0.1) is 10.6 Å². The summed E-state index contributed by atoms with van der Waals surface area (Å²) in [5.74, 6) is -0.862. The lowest BCUT2D eigenvalue weighted by atomic mass is 10.0. The molecule has 1 atom stereocenters. The molecule has 4 aromatic rings. The van der Waals surface area contributed by atoms with Crippen molar-refractivity contribution in [3.05, 3.63) is 129 Å². The lowest BCUT2D eigenvalue weighted by Gasteiger charge is -2.34. The maximum absolute atomic E-state index is 14.4. The summed E-state index contributed by atoms with van der Waals surface area (Å²) in [4.78, 5) is 29.6. The van der Waals surface area contributed by atoms with Crippen molar-refractivity contribution in [3.63, 3.8) is 0 Å². The van der Waals surface area contributed by atoms with Gasteiger partial charge in [0.25, 0.3) is 10.0 Å². The summed E-state index contributed by atoms with van der Waals surface area (Å²) in [6, 6.07) is 30.3. The fourth-order valence-corrected chi connectivity index (χ4v) is 6.63. The first-order valence-corrected chi connectivity index (χ1v) is 16.7. The first-order chi connectivity index (χ1) is 20.5. The molecular formula is C33H33ClIN3O4S. The minimum Gasteiger partial charge on any atom is -0.352 e. The standard InChI is InChI=1S/C33H33ClIN3O4S/c1-24(2)36-33(40)31(21-25-10-5-3-6-11-25)37(22-26-12-9-13-27(34)20-26)32(39)23-38(29-18-16-28(35)17-19-29)43(41,42)30-14-7-4-8-15-30/h3-20,24,31H,21-23H2,1-2H3,(H,36,40). The van der Waals surface area contributed by atoms with Crippen LogP contribution in [0, 0.1) is 3.57 Å². The van der Waals surface area contributed by atoms with Crippen LogP contribution in [0.2, 0.25) is 5.02 Å². The van der Waals surface area contributed by atoms with Crippen molar-refractivity contribution in [2.45, 2.75) is 43.8 Å². The first-order valence-electron chi connectivity index (χ1n) is 13.8. The Morgan fingerprint density at radius 1 is 0.837 bits per heavy atom. The summed E-state index contributed by atoms with van der Waals surface area (Å²) < 4.78 is 30.0. The Kier molecular flexibility index (Phi) is 11.2. The number of halogens is 2. The van der Waals surface area contributed by atoms with E-state index >= 15 is 0 Å². The van der Waals surface area contributed by atoms with Crippen LogP contribution in [0.5, 0.6) is 0 Å². The molecule has 1 unspecified atom stereocenters. The molecule has 0 saturated carbocycles. The van der Waals surface area contributed by atoms with Gasteiger partial charge in [-0.15, -0.1) is 0 Å². The van der Waals surface area contributed by atoms with Gasteiger partial charge in [0.2, 0.25) is 11.8 Å². The molecule has 43 heavy (non-hydrogen) atoms. The van der Waals surface area contributed by atoms with E-state index in [2.05, 4.69) is 27.9 Å². The van der Waals surface area contributed by atoms with E-state index < -0.39 is 28.5 Å². The molecule has 0 aliphatic heterocycles. The predicted octanol–water partition coefficient (Wildman–Crippen LogP) is 6.30. The lowest BCUT2D eigenvalue weighted by Crippen LogP contribution is -2.54. The first kappa shape index (κ1) is 32.5. The molecule has 2 amide bonds. The van der Waals surface area contributed by atoms with Gasteiger partial charge in [-0.2, -0.15) is 0 Å². The van der Waals surface area contributed by atoms with Crippen molar-refractivity contribution >= 4 is 61.7 Å². The van der Waals surface area contributed by atoms with Crippen LogP contribution in [0.4, 0.5) is 5.69 Å². The number of hydrogen-bond acceptors (Lipinski definition) is 4. The molecule has 0 radical (unpaired) electrons. The van der Waals surface area contributed by atoms with Crippen molar-refractivity contribution in [2.24, 2.45) is 0 Å². The number of anilines is 1. The number of nitrogens with one attached hydrogen (secondary N) is 1. The van der Waals surface area contributed by atoms with Crippen molar-refractivity contribution in [3.8, 4) is 0 Å². The topological polar surface area (TPSA) is 86.8 Å². The average Bonchev–Trinajstić information content (AvgIpc) is 2.98. The Morgan fingerprint density at radius 3 is 2.05 bits per heavy atom. The second kappa shape index (κ2) is 14.9. The Balaban J connectivity index is 1.79. The smallest absolute Gasteiger partial charge is 0.264 e. The SMILES string of the molecule is CC(C)NC(=O)C(Cc1ccccc1)N(Cc1cccc(Cl)c1)C(=O)CN(c1ccc(I)cc1)S(=O)(=O)c1ccccc1. The Morgan fingerprint density at radius 2 is 1.44 bits per heavy atom. The van der Waals surface area contributed by atoms with Crippen LogP contribution in [0.15, 0.2) is 114 Å². The molecule has 4 aromatic carbocycles. The number of nitrogens with zero attached hydrogens (tertiary/aromatic N) is 2. The summed E-state index contributed by atoms with van der Waals surface area (Å²) in [6.45, 7) is 3.24. The maximum atomic E-state index is 14.4. The summed E-state index contributed by atoms with van der Waals surface area (Å²) in [5.41, 5.74) is 1.91. The minimum absolute atomic E-state index is 0.0499. The highest BCUT2D eigenvalue weighted by Crippen LogP contribution is 2.26. The van der Waals surface area contributed by atoms with Gasteiger partial charge < -0.3 is 10.2 Å². The molecule has 10 heteroatoms. The monoisotopic (exact) mass is 729 g/mol. The maximum Gasteiger partial charge on any atom is 0.264 e. The van der Waals surface area contributed by atoms with Crippen molar-refractivity contribution in [1.82, 2.24) is 10.2 Å². The fraction of sp³-hybridized carbons (Fsp3) is 0.212. The van der Waals surface area contributed by atoms with Crippen molar-refractivity contribution < 1.29 is 18.0 Å². The zero-order chi connectivity index (χ0) is 31.0. The average molecular weight is 730 g/mol. The molecule has 0 fully saturated rings. The second-order valence-corrected chi connectivity index (χ2v) is 13.9. The van der Waals surface area contributed by atoms with Gasteiger partial charge in [0.1, 0.15) is 12.6 Å².